The van der Waals surface area contributed by atoms with Crippen LogP contribution >= 0.6 is 0 Å². The van der Waals surface area contributed by atoms with E-state index in [0.29, 0.717) is 29.3 Å². The molecule has 2 aromatic carbocycles. The maximum atomic E-state index is 12.9. The lowest BCUT2D eigenvalue weighted by Gasteiger charge is -2.13. The average molecular weight is 486 g/mol. The van der Waals surface area contributed by atoms with Gasteiger partial charge >= 0.3 is 0 Å². The normalized spacial score (nSPS) is 10.9. The van der Waals surface area contributed by atoms with Gasteiger partial charge in [0.2, 0.25) is 5.88 Å². The number of hydrogen-bond acceptors (Lipinski definition) is 7. The van der Waals surface area contributed by atoms with E-state index in [1.165, 1.54) is 32.5 Å². The maximum absolute atomic E-state index is 12.9. The third kappa shape index (κ3) is 6.16. The number of methoxy groups -OCH3 is 2. The molecule has 0 unspecified atom stereocenters. The number of carbonyl (C=O) groups is 1. The third-order valence-electron chi connectivity index (χ3n) is 4.81. The van der Waals surface area contributed by atoms with E-state index in [1.807, 2.05) is 6.92 Å². The third-order valence-corrected chi connectivity index (χ3v) is 6.22. The molecule has 0 aliphatic heterocycles. The number of sulfonamides is 1. The Morgan fingerprint density at radius 3 is 2.41 bits per heavy atom. The van der Waals surface area contributed by atoms with Gasteiger partial charge in [0.1, 0.15) is 27.7 Å². The van der Waals surface area contributed by atoms with Gasteiger partial charge in [-0.2, -0.15) is 0 Å². The van der Waals surface area contributed by atoms with Crippen molar-refractivity contribution in [2.45, 2.75) is 24.7 Å². The van der Waals surface area contributed by atoms with E-state index in [4.69, 9.17) is 14.2 Å². The summed E-state index contributed by atoms with van der Waals surface area (Å²) in [5.41, 5.74) is 0.629. The maximum Gasteiger partial charge on any atom is 0.265 e. The zero-order chi connectivity index (χ0) is 24.6. The quantitative estimate of drug-likeness (QED) is 0.391. The molecule has 0 aliphatic rings. The highest BCUT2D eigenvalue weighted by atomic mass is 32.2. The number of unbranched alkanes of at least 4 members (excludes halogenated alkanes) is 1. The van der Waals surface area contributed by atoms with Gasteiger partial charge < -0.3 is 19.5 Å². The minimum absolute atomic E-state index is 0.0538. The second-order valence-corrected chi connectivity index (χ2v) is 8.87. The number of nitrogens with one attached hydrogen (secondary N) is 2. The van der Waals surface area contributed by atoms with Gasteiger partial charge in [-0.05, 0) is 55.0 Å². The Hall–Kier alpha value is -3.79. The summed E-state index contributed by atoms with van der Waals surface area (Å²) < 4.78 is 44.4. The molecule has 180 valence electrons. The summed E-state index contributed by atoms with van der Waals surface area (Å²) in [6.45, 7) is 2.61. The monoisotopic (exact) mass is 485 g/mol. The molecule has 10 heteroatoms. The number of pyridine rings is 1. The van der Waals surface area contributed by atoms with Gasteiger partial charge in [0, 0.05) is 24.5 Å². The number of aromatic nitrogens is 1. The van der Waals surface area contributed by atoms with Crippen LogP contribution in [-0.2, 0) is 10.0 Å². The van der Waals surface area contributed by atoms with E-state index < -0.39 is 10.0 Å². The molecule has 0 fully saturated rings. The van der Waals surface area contributed by atoms with Crippen molar-refractivity contribution in [3.63, 3.8) is 0 Å². The Morgan fingerprint density at radius 2 is 1.74 bits per heavy atom. The zero-order valence-corrected chi connectivity index (χ0v) is 20.0. The summed E-state index contributed by atoms with van der Waals surface area (Å²) in [7, 11) is -1.11. The Kier molecular flexibility index (Phi) is 8.31. The van der Waals surface area contributed by atoms with Gasteiger partial charge in [-0.1, -0.05) is 13.3 Å². The van der Waals surface area contributed by atoms with Crippen LogP contribution in [0.5, 0.6) is 23.1 Å². The van der Waals surface area contributed by atoms with E-state index in [0.717, 1.165) is 12.8 Å². The molecule has 1 amide bonds. The molecule has 1 heterocycles. The molecule has 34 heavy (non-hydrogen) atoms. The smallest absolute Gasteiger partial charge is 0.265 e. The molecule has 1 aromatic heterocycles. The highest BCUT2D eigenvalue weighted by molar-refractivity contribution is 7.92. The lowest BCUT2D eigenvalue weighted by atomic mass is 10.2. The van der Waals surface area contributed by atoms with Crippen molar-refractivity contribution in [1.82, 2.24) is 10.3 Å². The van der Waals surface area contributed by atoms with Gasteiger partial charge in [-0.15, -0.1) is 0 Å². The molecule has 0 saturated heterocycles. The number of rotatable bonds is 11. The summed E-state index contributed by atoms with van der Waals surface area (Å²) >= 11 is 0. The van der Waals surface area contributed by atoms with Crippen molar-refractivity contribution in [1.29, 1.82) is 0 Å². The van der Waals surface area contributed by atoms with E-state index in [1.54, 1.807) is 42.5 Å². The minimum atomic E-state index is -3.95. The largest absolute Gasteiger partial charge is 0.497 e. The Morgan fingerprint density at radius 1 is 1.00 bits per heavy atom. The molecular weight excluding hydrogens is 458 g/mol. The van der Waals surface area contributed by atoms with Crippen molar-refractivity contribution in [3.8, 4) is 23.1 Å². The first-order chi connectivity index (χ1) is 16.4. The number of benzene rings is 2. The van der Waals surface area contributed by atoms with Crippen LogP contribution in [0.2, 0.25) is 0 Å². The van der Waals surface area contributed by atoms with Crippen molar-refractivity contribution < 1.29 is 27.4 Å². The van der Waals surface area contributed by atoms with Crippen LogP contribution in [0, 0.1) is 0 Å². The SMILES string of the molecule is CCCCNC(=O)c1cccnc1Oc1ccc(NS(=O)(=O)c2cc(OC)ccc2OC)cc1. The van der Waals surface area contributed by atoms with E-state index in [-0.39, 0.29) is 22.4 Å². The number of nitrogens with zero attached hydrogens (tertiary/aromatic N) is 1. The van der Waals surface area contributed by atoms with Crippen molar-refractivity contribution in [2.75, 3.05) is 25.5 Å². The summed E-state index contributed by atoms with van der Waals surface area (Å²) in [6, 6.07) is 14.1. The molecule has 3 rings (SSSR count). The molecule has 0 aliphatic carbocycles. The number of amides is 1. The fourth-order valence-electron chi connectivity index (χ4n) is 3.03. The van der Waals surface area contributed by atoms with Crippen molar-refractivity contribution in [2.24, 2.45) is 0 Å². The first kappa shape index (κ1) is 24.8. The van der Waals surface area contributed by atoms with Crippen LogP contribution < -0.4 is 24.2 Å². The molecule has 3 aromatic rings. The molecule has 0 bridgehead atoms. The lowest BCUT2D eigenvalue weighted by Crippen LogP contribution is -2.24. The number of carbonyl (C=O) groups excluding carboxylic acids is 1. The minimum Gasteiger partial charge on any atom is -0.497 e. The predicted octanol–water partition coefficient (Wildman–Crippen LogP) is 4.22. The van der Waals surface area contributed by atoms with Crippen LogP contribution in [0.25, 0.3) is 0 Å². The average Bonchev–Trinajstić information content (AvgIpc) is 2.85. The molecule has 0 atom stereocenters. The van der Waals surface area contributed by atoms with Gasteiger partial charge in [-0.3, -0.25) is 9.52 Å². The Balaban J connectivity index is 1.75. The van der Waals surface area contributed by atoms with Crippen molar-refractivity contribution in [3.05, 3.63) is 66.4 Å². The number of anilines is 1. The fraction of sp³-hybridized carbons (Fsp3) is 0.250. The molecule has 0 spiro atoms. The van der Waals surface area contributed by atoms with Gasteiger partial charge in [-0.25, -0.2) is 13.4 Å². The van der Waals surface area contributed by atoms with Crippen LogP contribution in [0.3, 0.4) is 0 Å². The van der Waals surface area contributed by atoms with Crippen LogP contribution in [-0.4, -0.2) is 40.1 Å². The van der Waals surface area contributed by atoms with E-state index in [2.05, 4.69) is 15.0 Å². The van der Waals surface area contributed by atoms with Gasteiger partial charge in [0.25, 0.3) is 15.9 Å². The van der Waals surface area contributed by atoms with Crippen molar-refractivity contribution >= 4 is 21.6 Å². The summed E-state index contributed by atoms with van der Waals surface area (Å²) in [5.74, 6) is 0.852. The Labute approximate surface area is 199 Å². The number of ether oxygens (including phenoxy) is 3. The molecule has 0 saturated carbocycles. The van der Waals surface area contributed by atoms with Gasteiger partial charge in [0.15, 0.2) is 0 Å². The Bertz CT molecular complexity index is 1230. The standard InChI is InChI=1S/C24H27N3O6S/c1-4-5-14-25-23(28)20-7-6-15-26-24(20)33-18-10-8-17(9-11-18)27-34(29,30)22-16-19(31-2)12-13-21(22)32-3/h6-13,15-16,27H,4-5,14H2,1-3H3,(H,25,28). The predicted molar refractivity (Wildman–Crippen MR) is 128 cm³/mol. The first-order valence-electron chi connectivity index (χ1n) is 10.6. The second-order valence-electron chi connectivity index (χ2n) is 7.21. The fourth-order valence-corrected chi connectivity index (χ4v) is 4.27. The summed E-state index contributed by atoms with van der Waals surface area (Å²) in [6.07, 6.45) is 3.38. The van der Waals surface area contributed by atoms with E-state index in [9.17, 15) is 13.2 Å². The summed E-state index contributed by atoms with van der Waals surface area (Å²) in [5, 5.41) is 2.84. The lowest BCUT2D eigenvalue weighted by molar-refractivity contribution is 0.0950. The van der Waals surface area contributed by atoms with Crippen LogP contribution in [0.1, 0.15) is 30.1 Å². The molecule has 9 nitrogen and oxygen atoms in total. The highest BCUT2D eigenvalue weighted by Gasteiger charge is 2.21. The van der Waals surface area contributed by atoms with Gasteiger partial charge in [0.05, 0.1) is 14.2 Å². The zero-order valence-electron chi connectivity index (χ0n) is 19.2. The van der Waals surface area contributed by atoms with Crippen LogP contribution in [0.4, 0.5) is 5.69 Å². The summed E-state index contributed by atoms with van der Waals surface area (Å²) in [4.78, 5) is 16.6. The number of hydrogen-bond donors (Lipinski definition) is 2. The van der Waals surface area contributed by atoms with Crippen LogP contribution in [0.15, 0.2) is 65.7 Å². The second kappa shape index (κ2) is 11.4. The van der Waals surface area contributed by atoms with E-state index >= 15 is 0 Å². The highest BCUT2D eigenvalue weighted by Crippen LogP contribution is 2.30. The topological polar surface area (TPSA) is 116 Å². The molecular formula is C24H27N3O6S. The molecule has 0 radical (unpaired) electrons. The first-order valence-corrected chi connectivity index (χ1v) is 12.1. The molecule has 2 N–H and O–H groups in total.